The van der Waals surface area contributed by atoms with Gasteiger partial charge in [-0.25, -0.2) is 13.1 Å². The summed E-state index contributed by atoms with van der Waals surface area (Å²) in [4.78, 5) is 40.0. The number of nitrogens with one attached hydrogen (secondary N) is 2. The van der Waals surface area contributed by atoms with Crippen LogP contribution in [0.25, 0.3) is 16.6 Å². The third-order valence-corrected chi connectivity index (χ3v) is 14.6. The molecule has 1 amide bonds. The molecule has 4 aliphatic rings. The molecule has 1 unspecified atom stereocenters. The Morgan fingerprint density at radius 2 is 1.82 bits per heavy atom. The number of amides is 1. The molecule has 9 rings (SSSR count). The Morgan fingerprint density at radius 3 is 2.58 bits per heavy atom. The fourth-order valence-electron chi connectivity index (χ4n) is 9.36. The number of pyridine rings is 1. The summed E-state index contributed by atoms with van der Waals surface area (Å²) in [7, 11) is -4.60. The van der Waals surface area contributed by atoms with Crippen molar-refractivity contribution in [3.05, 3.63) is 111 Å². The number of carbonyl (C=O) groups is 1. The van der Waals surface area contributed by atoms with Gasteiger partial charge in [0.15, 0.2) is 5.75 Å². The lowest BCUT2D eigenvalue weighted by Gasteiger charge is -2.39. The average Bonchev–Trinajstić information content (AvgIpc) is 3.66. The first-order valence-corrected chi connectivity index (χ1v) is 24.2. The molecule has 3 aromatic carbocycles. The van der Waals surface area contributed by atoms with Crippen molar-refractivity contribution in [2.45, 2.75) is 57.3 Å². The first-order chi connectivity index (χ1) is 31.3. The van der Waals surface area contributed by atoms with Crippen LogP contribution in [0.1, 0.15) is 68.3 Å². The topological polar surface area (TPSA) is 172 Å². The van der Waals surface area contributed by atoms with Gasteiger partial charge < -0.3 is 29.0 Å². The van der Waals surface area contributed by atoms with Crippen LogP contribution in [0.15, 0.2) is 89.5 Å². The summed E-state index contributed by atoms with van der Waals surface area (Å²) in [6, 6.07) is 20.9. The summed E-state index contributed by atoms with van der Waals surface area (Å²) >= 11 is 6.27. The van der Waals surface area contributed by atoms with Crippen molar-refractivity contribution >= 4 is 66.9 Å². The van der Waals surface area contributed by atoms with E-state index in [-0.39, 0.29) is 29.3 Å². The maximum absolute atomic E-state index is 14.4. The van der Waals surface area contributed by atoms with E-state index < -0.39 is 31.4 Å². The summed E-state index contributed by atoms with van der Waals surface area (Å²) in [6.07, 6.45) is 7.32. The molecule has 1 aliphatic carbocycles. The predicted octanol–water partition coefficient (Wildman–Crippen LogP) is 8.76. The fraction of sp³-hybridized carbons (Fsp3) is 0.417. The smallest absolute Gasteiger partial charge is 0.312 e. The second-order valence-electron chi connectivity index (χ2n) is 18.2. The van der Waals surface area contributed by atoms with E-state index in [1.54, 1.807) is 12.3 Å². The van der Waals surface area contributed by atoms with E-state index in [0.717, 1.165) is 87.0 Å². The lowest BCUT2D eigenvalue weighted by molar-refractivity contribution is -0.386. The Labute approximate surface area is 383 Å². The standard InChI is InChI=1S/C48H54ClN7O8S/c1-48(2)16-14-35(40(28-48)33-6-8-36(49)9-7-33)29-53-19-21-54(22-20-53)37-10-12-39(41(26-37)55-18-4-24-63-47-43(55)25-34-15-17-50-45(34)51-47)46(57)52-65(60,61)38-11-13-44(42(27-38)56(58)59)64-31-32-5-3-23-62-30-32/h6-13,15,17,25-27,32H,3-5,14,16,18-24,28-31H2,1-2H3,(H,50,51)(H,52,57). The summed E-state index contributed by atoms with van der Waals surface area (Å²) in [5.74, 6) is -0.496. The predicted molar refractivity (Wildman–Crippen MR) is 251 cm³/mol. The molecule has 2 aromatic heterocycles. The summed E-state index contributed by atoms with van der Waals surface area (Å²) in [6.45, 7) is 10.9. The van der Waals surface area contributed by atoms with Gasteiger partial charge >= 0.3 is 5.69 Å². The number of nitro benzene ring substituents is 1. The van der Waals surface area contributed by atoms with Gasteiger partial charge in [-0.05, 0) is 110 Å². The van der Waals surface area contributed by atoms with Crippen LogP contribution in [0, 0.1) is 21.4 Å². The number of hydrogen-bond donors (Lipinski definition) is 2. The first kappa shape index (κ1) is 44.5. The highest BCUT2D eigenvalue weighted by Gasteiger charge is 2.32. The van der Waals surface area contributed by atoms with Crippen LogP contribution in [-0.2, 0) is 14.8 Å². The van der Waals surface area contributed by atoms with Crippen LogP contribution in [0.3, 0.4) is 0 Å². The number of halogens is 1. The zero-order chi connectivity index (χ0) is 45.3. The van der Waals surface area contributed by atoms with Crippen LogP contribution < -0.4 is 24.0 Å². The second-order valence-corrected chi connectivity index (χ2v) is 20.3. The van der Waals surface area contributed by atoms with E-state index in [4.69, 9.17) is 30.8 Å². The number of nitrogens with zero attached hydrogens (tertiary/aromatic N) is 5. The molecule has 5 heterocycles. The highest BCUT2D eigenvalue weighted by molar-refractivity contribution is 7.90. The quantitative estimate of drug-likeness (QED) is 0.0902. The molecule has 0 spiro atoms. The van der Waals surface area contributed by atoms with Gasteiger partial charge in [0.1, 0.15) is 11.3 Å². The average molecular weight is 925 g/mol. The third kappa shape index (κ3) is 9.95. The van der Waals surface area contributed by atoms with E-state index in [1.165, 1.54) is 28.8 Å². The largest absolute Gasteiger partial charge is 0.486 e. The number of benzene rings is 3. The minimum Gasteiger partial charge on any atom is -0.486 e. The molecular weight excluding hydrogens is 870 g/mol. The van der Waals surface area contributed by atoms with E-state index in [0.29, 0.717) is 55.7 Å². The zero-order valence-electron chi connectivity index (χ0n) is 36.7. The van der Waals surface area contributed by atoms with E-state index >= 15 is 0 Å². The molecule has 5 aromatic rings. The van der Waals surface area contributed by atoms with E-state index in [9.17, 15) is 23.3 Å². The number of aromatic amines is 1. The molecule has 65 heavy (non-hydrogen) atoms. The Kier molecular flexibility index (Phi) is 12.8. The first-order valence-electron chi connectivity index (χ1n) is 22.3. The number of fused-ring (bicyclic) bond motifs is 2. The maximum atomic E-state index is 14.4. The molecule has 0 bridgehead atoms. The Morgan fingerprint density at radius 1 is 1.00 bits per heavy atom. The number of carbonyl (C=O) groups excluding carboxylic acids is 1. The van der Waals surface area contributed by atoms with Crippen molar-refractivity contribution in [1.82, 2.24) is 19.6 Å². The number of H-pyrrole nitrogens is 1. The Bertz CT molecular complexity index is 2730. The lowest BCUT2D eigenvalue weighted by Crippen LogP contribution is -2.47. The van der Waals surface area contributed by atoms with Gasteiger partial charge in [-0.15, -0.1) is 0 Å². The van der Waals surface area contributed by atoms with Crippen LogP contribution in [-0.4, -0.2) is 99.8 Å². The van der Waals surface area contributed by atoms with E-state index in [1.807, 2.05) is 41.3 Å². The van der Waals surface area contributed by atoms with Crippen molar-refractivity contribution in [2.24, 2.45) is 11.3 Å². The van der Waals surface area contributed by atoms with Crippen molar-refractivity contribution in [3.8, 4) is 11.6 Å². The SMILES string of the molecule is CC1(C)CCC(CN2CCN(c3ccc(C(=O)NS(=O)(=O)c4ccc(OCC5CCCOC5)c([N+](=O)[O-])c4)c(N4CCCOc5nc6[nH]ccc6cc54)c3)CC2)=C(c2ccc(Cl)cc2)C1. The molecule has 0 saturated carbocycles. The molecular formula is C48H54ClN7O8S. The molecule has 0 radical (unpaired) electrons. The van der Waals surface area contributed by atoms with Gasteiger partial charge in [-0.2, -0.15) is 4.98 Å². The molecule has 2 fully saturated rings. The van der Waals surface area contributed by atoms with Gasteiger partial charge in [0.05, 0.1) is 40.9 Å². The molecule has 15 nitrogen and oxygen atoms in total. The number of rotatable bonds is 12. The van der Waals surface area contributed by atoms with Crippen LogP contribution in [0.4, 0.5) is 22.7 Å². The number of allylic oxidation sites excluding steroid dienone is 1. The highest BCUT2D eigenvalue weighted by atomic mass is 35.5. The van der Waals surface area contributed by atoms with Crippen LogP contribution in [0.2, 0.25) is 5.02 Å². The van der Waals surface area contributed by atoms with E-state index in [2.05, 4.69) is 45.5 Å². The molecule has 2 N–H and O–H groups in total. The normalized spacial score (nSPS) is 19.3. The minimum atomic E-state index is -4.60. The van der Waals surface area contributed by atoms with Crippen molar-refractivity contribution in [2.75, 3.05) is 75.5 Å². The van der Waals surface area contributed by atoms with Crippen molar-refractivity contribution in [3.63, 3.8) is 0 Å². The van der Waals surface area contributed by atoms with Gasteiger partial charge in [0, 0.05) is 80.2 Å². The Balaban J connectivity index is 0.986. The summed E-state index contributed by atoms with van der Waals surface area (Å²) in [5, 5.41) is 13.7. The number of ether oxygens (including phenoxy) is 3. The maximum Gasteiger partial charge on any atom is 0.312 e. The van der Waals surface area contributed by atoms with Gasteiger partial charge in [0.25, 0.3) is 15.9 Å². The number of piperazine rings is 1. The number of anilines is 3. The van der Waals surface area contributed by atoms with Gasteiger partial charge in [-0.1, -0.05) is 43.2 Å². The monoisotopic (exact) mass is 923 g/mol. The minimum absolute atomic E-state index is 0.0606. The fourth-order valence-corrected chi connectivity index (χ4v) is 10.5. The number of hydrogen-bond acceptors (Lipinski definition) is 12. The van der Waals surface area contributed by atoms with Gasteiger partial charge in [0.2, 0.25) is 5.88 Å². The van der Waals surface area contributed by atoms with Crippen molar-refractivity contribution in [1.29, 1.82) is 0 Å². The van der Waals surface area contributed by atoms with Gasteiger partial charge in [-0.3, -0.25) is 19.8 Å². The molecule has 1 atom stereocenters. The number of sulfonamides is 1. The lowest BCUT2D eigenvalue weighted by atomic mass is 9.72. The van der Waals surface area contributed by atoms with Crippen LogP contribution in [0.5, 0.6) is 11.6 Å². The highest BCUT2D eigenvalue weighted by Crippen LogP contribution is 2.44. The molecule has 3 aliphatic heterocycles. The summed E-state index contributed by atoms with van der Waals surface area (Å²) in [5.41, 5.74) is 6.58. The summed E-state index contributed by atoms with van der Waals surface area (Å²) < 4.78 is 47.5. The molecule has 2 saturated heterocycles. The second kappa shape index (κ2) is 18.7. The number of nitro groups is 1. The van der Waals surface area contributed by atoms with Crippen LogP contribution >= 0.6 is 11.6 Å². The molecule has 17 heteroatoms. The third-order valence-electron chi connectivity index (χ3n) is 13.0. The zero-order valence-corrected chi connectivity index (χ0v) is 38.3. The Hall–Kier alpha value is -5.68. The number of aromatic nitrogens is 2. The molecule has 342 valence electrons. The van der Waals surface area contributed by atoms with Crippen molar-refractivity contribution < 1.29 is 32.3 Å².